The van der Waals surface area contributed by atoms with Gasteiger partial charge in [-0.2, -0.15) is 0 Å². The van der Waals surface area contributed by atoms with Crippen LogP contribution in [0.1, 0.15) is 53.9 Å². The summed E-state index contributed by atoms with van der Waals surface area (Å²) in [5.41, 5.74) is 4.58. The van der Waals surface area contributed by atoms with Crippen LogP contribution in [0.15, 0.2) is 53.3 Å². The van der Waals surface area contributed by atoms with Crippen molar-refractivity contribution in [2.24, 2.45) is 5.92 Å². The fourth-order valence-corrected chi connectivity index (χ4v) is 5.13. The number of nitrogens with zero attached hydrogens (tertiary/aromatic N) is 5. The SMILES string of the molecule is CCOC(=O)C1CCN(C(c2cc3cc(C)c(C)cc3[nH]c2=O)c2nnnn2Cc2ccccc2)CC1. The number of aromatic amines is 1. The van der Waals surface area contributed by atoms with Crippen molar-refractivity contribution in [3.05, 3.63) is 87.0 Å². The van der Waals surface area contributed by atoms with Gasteiger partial charge in [-0.1, -0.05) is 30.3 Å². The predicted molar refractivity (Wildman–Crippen MR) is 140 cm³/mol. The minimum absolute atomic E-state index is 0.141. The molecule has 3 heterocycles. The Morgan fingerprint density at radius 1 is 1.11 bits per heavy atom. The molecule has 1 fully saturated rings. The molecule has 1 unspecified atom stereocenters. The van der Waals surface area contributed by atoms with E-state index in [1.54, 1.807) is 4.68 Å². The molecular weight excluding hydrogens is 468 g/mol. The van der Waals surface area contributed by atoms with Crippen LogP contribution in [0.25, 0.3) is 10.9 Å². The second-order valence-electron chi connectivity index (χ2n) is 9.72. The molecule has 192 valence electrons. The number of nitrogens with one attached hydrogen (secondary N) is 1. The minimum atomic E-state index is -0.461. The number of pyridine rings is 1. The zero-order chi connectivity index (χ0) is 25.9. The number of piperidine rings is 1. The highest BCUT2D eigenvalue weighted by Crippen LogP contribution is 2.32. The highest BCUT2D eigenvalue weighted by atomic mass is 16.5. The molecule has 1 aliphatic heterocycles. The molecule has 1 saturated heterocycles. The number of aromatic nitrogens is 5. The lowest BCUT2D eigenvalue weighted by Gasteiger charge is -2.36. The third-order valence-electron chi connectivity index (χ3n) is 7.28. The van der Waals surface area contributed by atoms with Gasteiger partial charge in [0.1, 0.15) is 6.04 Å². The first-order valence-corrected chi connectivity index (χ1v) is 12.8. The summed E-state index contributed by atoms with van der Waals surface area (Å²) < 4.78 is 7.02. The molecule has 37 heavy (non-hydrogen) atoms. The predicted octanol–water partition coefficient (Wildman–Crippen LogP) is 3.54. The van der Waals surface area contributed by atoms with Crippen molar-refractivity contribution in [3.63, 3.8) is 0 Å². The van der Waals surface area contributed by atoms with Crippen LogP contribution < -0.4 is 5.56 Å². The third-order valence-corrected chi connectivity index (χ3v) is 7.28. The molecule has 0 amide bonds. The average Bonchev–Trinajstić information content (AvgIpc) is 3.34. The highest BCUT2D eigenvalue weighted by Gasteiger charge is 2.35. The first-order chi connectivity index (χ1) is 17.9. The van der Waals surface area contributed by atoms with E-state index in [9.17, 15) is 9.59 Å². The Morgan fingerprint density at radius 3 is 2.57 bits per heavy atom. The molecule has 2 aromatic carbocycles. The van der Waals surface area contributed by atoms with Crippen molar-refractivity contribution in [2.75, 3.05) is 19.7 Å². The van der Waals surface area contributed by atoms with E-state index in [0.717, 1.165) is 27.6 Å². The number of H-pyrrole nitrogens is 1. The number of rotatable bonds is 7. The first kappa shape index (κ1) is 24.8. The number of tetrazole rings is 1. The van der Waals surface area contributed by atoms with Crippen LogP contribution >= 0.6 is 0 Å². The second-order valence-corrected chi connectivity index (χ2v) is 9.72. The first-order valence-electron chi connectivity index (χ1n) is 12.8. The van der Waals surface area contributed by atoms with Gasteiger partial charge in [0.15, 0.2) is 5.82 Å². The second kappa shape index (κ2) is 10.6. The summed E-state index contributed by atoms with van der Waals surface area (Å²) in [6.07, 6.45) is 1.30. The molecule has 0 radical (unpaired) electrons. The zero-order valence-corrected chi connectivity index (χ0v) is 21.5. The molecule has 0 spiro atoms. The van der Waals surface area contributed by atoms with Crippen LogP contribution in [0, 0.1) is 19.8 Å². The molecule has 5 rings (SSSR count). The molecule has 9 heteroatoms. The number of esters is 1. The van der Waals surface area contributed by atoms with E-state index < -0.39 is 6.04 Å². The van der Waals surface area contributed by atoms with E-state index in [1.807, 2.05) is 56.3 Å². The smallest absolute Gasteiger partial charge is 0.309 e. The van der Waals surface area contributed by atoms with Crippen molar-refractivity contribution in [3.8, 4) is 0 Å². The normalized spacial score (nSPS) is 15.6. The molecule has 9 nitrogen and oxygen atoms in total. The Morgan fingerprint density at radius 2 is 1.84 bits per heavy atom. The number of benzene rings is 2. The summed E-state index contributed by atoms with van der Waals surface area (Å²) in [4.78, 5) is 31.2. The Balaban J connectivity index is 1.56. The number of likely N-dealkylation sites (tertiary alicyclic amines) is 1. The van der Waals surface area contributed by atoms with E-state index in [0.29, 0.717) is 50.5 Å². The van der Waals surface area contributed by atoms with Gasteiger partial charge in [0.05, 0.1) is 19.1 Å². The summed E-state index contributed by atoms with van der Waals surface area (Å²) >= 11 is 0. The number of carbonyl (C=O) groups is 1. The molecular formula is C28H32N6O3. The van der Waals surface area contributed by atoms with Crippen LogP contribution in [0.2, 0.25) is 0 Å². The summed E-state index contributed by atoms with van der Waals surface area (Å²) in [7, 11) is 0. The molecule has 4 aromatic rings. The van der Waals surface area contributed by atoms with Crippen molar-refractivity contribution in [2.45, 2.75) is 46.2 Å². The van der Waals surface area contributed by atoms with Crippen LogP contribution in [-0.4, -0.2) is 55.8 Å². The van der Waals surface area contributed by atoms with E-state index in [2.05, 4.69) is 38.4 Å². The standard InChI is InChI=1S/C28H32N6O3/c1-4-37-28(36)21-10-12-33(13-11-21)25(26-30-31-32-34(26)17-20-8-6-5-7-9-20)23-16-22-14-18(2)19(3)15-24(22)29-27(23)35/h5-9,14-16,21,25H,4,10-13,17H2,1-3H3,(H,29,35). The number of fused-ring (bicyclic) bond motifs is 1. The third kappa shape index (κ3) is 5.17. The van der Waals surface area contributed by atoms with Gasteiger partial charge in [0.25, 0.3) is 5.56 Å². The van der Waals surface area contributed by atoms with Crippen molar-refractivity contribution in [1.82, 2.24) is 30.1 Å². The van der Waals surface area contributed by atoms with Crippen LogP contribution in [-0.2, 0) is 16.1 Å². The molecule has 1 atom stereocenters. The monoisotopic (exact) mass is 500 g/mol. The van der Waals surface area contributed by atoms with Crippen LogP contribution in [0.4, 0.5) is 0 Å². The fraction of sp³-hybridized carbons (Fsp3) is 0.393. The number of hydrogen-bond acceptors (Lipinski definition) is 7. The molecule has 0 saturated carbocycles. The molecule has 2 aromatic heterocycles. The largest absolute Gasteiger partial charge is 0.466 e. The maximum absolute atomic E-state index is 13.5. The molecule has 1 N–H and O–H groups in total. The lowest BCUT2D eigenvalue weighted by molar-refractivity contribution is -0.149. The van der Waals surface area contributed by atoms with Crippen molar-refractivity contribution >= 4 is 16.9 Å². The Labute approximate surface area is 215 Å². The van der Waals surface area contributed by atoms with Crippen molar-refractivity contribution < 1.29 is 9.53 Å². The highest BCUT2D eigenvalue weighted by molar-refractivity contribution is 5.81. The van der Waals surface area contributed by atoms with E-state index >= 15 is 0 Å². The molecule has 0 aliphatic carbocycles. The maximum Gasteiger partial charge on any atom is 0.309 e. The Kier molecular flexibility index (Phi) is 7.14. The summed E-state index contributed by atoms with van der Waals surface area (Å²) in [6.45, 7) is 8.04. The van der Waals surface area contributed by atoms with E-state index in [4.69, 9.17) is 4.74 Å². The van der Waals surface area contributed by atoms with Crippen molar-refractivity contribution in [1.29, 1.82) is 0 Å². The zero-order valence-electron chi connectivity index (χ0n) is 21.5. The van der Waals surface area contributed by atoms with Crippen LogP contribution in [0.3, 0.4) is 0 Å². The van der Waals surface area contributed by atoms with Gasteiger partial charge in [0, 0.05) is 24.2 Å². The summed E-state index contributed by atoms with van der Waals surface area (Å²) in [5, 5.41) is 13.7. The van der Waals surface area contributed by atoms with Gasteiger partial charge in [-0.05, 0) is 84.3 Å². The Hall–Kier alpha value is -3.85. The summed E-state index contributed by atoms with van der Waals surface area (Å²) in [5.74, 6) is 0.312. The number of hydrogen-bond donors (Lipinski definition) is 1. The van der Waals surface area contributed by atoms with Gasteiger partial charge >= 0.3 is 5.97 Å². The Bertz CT molecular complexity index is 1450. The maximum atomic E-state index is 13.5. The molecule has 1 aliphatic rings. The number of ether oxygens (including phenoxy) is 1. The van der Waals surface area contributed by atoms with Crippen LogP contribution in [0.5, 0.6) is 0 Å². The summed E-state index contributed by atoms with van der Waals surface area (Å²) in [6, 6.07) is 15.6. The lowest BCUT2D eigenvalue weighted by atomic mass is 9.93. The quantitative estimate of drug-likeness (QED) is 0.387. The fourth-order valence-electron chi connectivity index (χ4n) is 5.13. The van der Waals surface area contributed by atoms with Gasteiger partial charge in [0.2, 0.25) is 0 Å². The average molecular weight is 501 g/mol. The number of carbonyl (C=O) groups excluding carboxylic acids is 1. The van der Waals surface area contributed by atoms with Gasteiger partial charge in [-0.15, -0.1) is 5.10 Å². The number of aryl methyl sites for hydroxylation is 2. The topological polar surface area (TPSA) is 106 Å². The minimum Gasteiger partial charge on any atom is -0.466 e. The van der Waals surface area contributed by atoms with E-state index in [1.165, 1.54) is 0 Å². The lowest BCUT2D eigenvalue weighted by Crippen LogP contribution is -2.42. The van der Waals surface area contributed by atoms with Gasteiger partial charge < -0.3 is 9.72 Å². The van der Waals surface area contributed by atoms with Gasteiger partial charge in [-0.3, -0.25) is 14.5 Å². The van der Waals surface area contributed by atoms with Gasteiger partial charge in [-0.25, -0.2) is 4.68 Å². The van der Waals surface area contributed by atoms with E-state index in [-0.39, 0.29) is 17.4 Å². The molecule has 0 bridgehead atoms.